The van der Waals surface area contributed by atoms with E-state index in [0.717, 1.165) is 22.7 Å². The lowest BCUT2D eigenvalue weighted by Crippen LogP contribution is -2.38. The fourth-order valence-electron chi connectivity index (χ4n) is 2.68. The van der Waals surface area contributed by atoms with E-state index in [1.807, 2.05) is 12.1 Å². The van der Waals surface area contributed by atoms with Crippen molar-refractivity contribution in [3.63, 3.8) is 0 Å². The van der Waals surface area contributed by atoms with Crippen LogP contribution in [0.3, 0.4) is 0 Å². The number of piperidine rings is 1. The van der Waals surface area contributed by atoms with Crippen molar-refractivity contribution in [1.29, 1.82) is 0 Å². The Bertz CT molecular complexity index is 358. The van der Waals surface area contributed by atoms with Crippen molar-refractivity contribution in [2.75, 3.05) is 12.3 Å². The molecule has 0 amide bonds. The predicted octanol–water partition coefficient (Wildman–Crippen LogP) is 3.80. The van der Waals surface area contributed by atoms with Gasteiger partial charge in [-0.1, -0.05) is 35.3 Å². The SMILES string of the molecule is CCC1CCCCN1Cc1c(N)cccc1Br. The zero-order valence-corrected chi connectivity index (χ0v) is 12.0. The number of hydrogen-bond donors (Lipinski definition) is 1. The summed E-state index contributed by atoms with van der Waals surface area (Å²) in [6.45, 7) is 4.47. The van der Waals surface area contributed by atoms with E-state index in [-0.39, 0.29) is 0 Å². The van der Waals surface area contributed by atoms with Gasteiger partial charge in [0.15, 0.2) is 0 Å². The van der Waals surface area contributed by atoms with E-state index < -0.39 is 0 Å². The highest BCUT2D eigenvalue weighted by atomic mass is 79.9. The molecule has 0 saturated carbocycles. The van der Waals surface area contributed by atoms with E-state index in [4.69, 9.17) is 5.73 Å². The van der Waals surface area contributed by atoms with E-state index in [1.165, 1.54) is 37.8 Å². The number of nitrogens with two attached hydrogens (primary N) is 1. The minimum atomic E-state index is 0.732. The molecule has 1 aliphatic rings. The Hall–Kier alpha value is -0.540. The van der Waals surface area contributed by atoms with Crippen molar-refractivity contribution < 1.29 is 0 Å². The summed E-state index contributed by atoms with van der Waals surface area (Å²) in [5.41, 5.74) is 8.21. The number of rotatable bonds is 3. The highest BCUT2D eigenvalue weighted by molar-refractivity contribution is 9.10. The Kier molecular flexibility index (Phi) is 4.46. The van der Waals surface area contributed by atoms with Crippen molar-refractivity contribution in [3.8, 4) is 0 Å². The fourth-order valence-corrected chi connectivity index (χ4v) is 3.18. The average molecular weight is 297 g/mol. The maximum Gasteiger partial charge on any atom is 0.0371 e. The molecule has 0 aliphatic carbocycles. The average Bonchev–Trinajstić information content (AvgIpc) is 2.34. The first-order valence-electron chi connectivity index (χ1n) is 6.49. The Morgan fingerprint density at radius 3 is 2.94 bits per heavy atom. The topological polar surface area (TPSA) is 29.3 Å². The number of hydrogen-bond acceptors (Lipinski definition) is 2. The quantitative estimate of drug-likeness (QED) is 0.860. The third-order valence-electron chi connectivity index (χ3n) is 3.74. The highest BCUT2D eigenvalue weighted by Gasteiger charge is 2.21. The number of nitrogen functional groups attached to an aromatic ring is 1. The van der Waals surface area contributed by atoms with Gasteiger partial charge in [0.05, 0.1) is 0 Å². The molecular weight excluding hydrogens is 276 g/mol. The van der Waals surface area contributed by atoms with Gasteiger partial charge in [-0.2, -0.15) is 0 Å². The van der Waals surface area contributed by atoms with Crippen LogP contribution in [0, 0.1) is 0 Å². The number of halogens is 1. The Balaban J connectivity index is 2.13. The van der Waals surface area contributed by atoms with Gasteiger partial charge in [0.1, 0.15) is 0 Å². The lowest BCUT2D eigenvalue weighted by atomic mass is 9.99. The summed E-state index contributed by atoms with van der Waals surface area (Å²) in [6.07, 6.45) is 5.27. The molecule has 3 heteroatoms. The molecule has 0 radical (unpaired) electrons. The monoisotopic (exact) mass is 296 g/mol. The standard InChI is InChI=1S/C14H21BrN2/c1-2-11-6-3-4-9-17(11)10-12-13(15)7-5-8-14(12)16/h5,7-8,11H,2-4,6,9-10,16H2,1H3. The van der Waals surface area contributed by atoms with Crippen molar-refractivity contribution >= 4 is 21.6 Å². The van der Waals surface area contributed by atoms with Gasteiger partial charge in [0.25, 0.3) is 0 Å². The van der Waals surface area contributed by atoms with E-state index >= 15 is 0 Å². The highest BCUT2D eigenvalue weighted by Crippen LogP contribution is 2.28. The summed E-state index contributed by atoms with van der Waals surface area (Å²) in [7, 11) is 0. The molecule has 1 aromatic rings. The first kappa shape index (κ1) is 12.9. The van der Waals surface area contributed by atoms with Crippen LogP contribution in [0.4, 0.5) is 5.69 Å². The lowest BCUT2D eigenvalue weighted by molar-refractivity contribution is 0.136. The summed E-state index contributed by atoms with van der Waals surface area (Å²) in [5, 5.41) is 0. The molecule has 2 N–H and O–H groups in total. The molecule has 1 fully saturated rings. The molecule has 1 atom stereocenters. The van der Waals surface area contributed by atoms with Crippen molar-refractivity contribution in [2.24, 2.45) is 0 Å². The fraction of sp³-hybridized carbons (Fsp3) is 0.571. The van der Waals surface area contributed by atoms with Crippen LogP contribution < -0.4 is 5.73 Å². The van der Waals surface area contributed by atoms with Gasteiger partial charge in [-0.15, -0.1) is 0 Å². The zero-order chi connectivity index (χ0) is 12.3. The molecule has 1 unspecified atom stereocenters. The summed E-state index contributed by atoms with van der Waals surface area (Å²) in [5.74, 6) is 0. The molecule has 2 nitrogen and oxygen atoms in total. The molecule has 94 valence electrons. The Morgan fingerprint density at radius 1 is 1.41 bits per heavy atom. The number of benzene rings is 1. The summed E-state index contributed by atoms with van der Waals surface area (Å²) in [4.78, 5) is 2.58. The van der Waals surface area contributed by atoms with Crippen LogP contribution in [0.5, 0.6) is 0 Å². The van der Waals surface area contributed by atoms with Gasteiger partial charge in [-0.3, -0.25) is 4.90 Å². The largest absolute Gasteiger partial charge is 0.398 e. The van der Waals surface area contributed by atoms with Gasteiger partial charge in [-0.25, -0.2) is 0 Å². The van der Waals surface area contributed by atoms with Crippen LogP contribution in [-0.4, -0.2) is 17.5 Å². The van der Waals surface area contributed by atoms with Crippen LogP contribution in [-0.2, 0) is 6.54 Å². The van der Waals surface area contributed by atoms with Crippen LogP contribution in [0.25, 0.3) is 0 Å². The molecule has 17 heavy (non-hydrogen) atoms. The summed E-state index contributed by atoms with van der Waals surface area (Å²) in [6, 6.07) is 6.80. The number of anilines is 1. The van der Waals surface area contributed by atoms with Crippen LogP contribution in [0.15, 0.2) is 22.7 Å². The van der Waals surface area contributed by atoms with Gasteiger partial charge < -0.3 is 5.73 Å². The third kappa shape index (κ3) is 3.02. The van der Waals surface area contributed by atoms with Gasteiger partial charge in [0.2, 0.25) is 0 Å². The van der Waals surface area contributed by atoms with Crippen LogP contribution in [0.1, 0.15) is 38.2 Å². The van der Waals surface area contributed by atoms with Crippen LogP contribution in [0.2, 0.25) is 0 Å². The van der Waals surface area contributed by atoms with Gasteiger partial charge in [-0.05, 0) is 37.9 Å². The molecule has 0 spiro atoms. The van der Waals surface area contributed by atoms with Gasteiger partial charge >= 0.3 is 0 Å². The van der Waals surface area contributed by atoms with Crippen LogP contribution >= 0.6 is 15.9 Å². The number of nitrogens with zero attached hydrogens (tertiary/aromatic N) is 1. The van der Waals surface area contributed by atoms with Crippen molar-refractivity contribution in [3.05, 3.63) is 28.2 Å². The molecule has 1 aromatic carbocycles. The molecule has 1 aliphatic heterocycles. The lowest BCUT2D eigenvalue weighted by Gasteiger charge is -2.35. The second-order valence-electron chi connectivity index (χ2n) is 4.84. The molecule has 0 bridgehead atoms. The molecular formula is C14H21BrN2. The first-order chi connectivity index (χ1) is 8.22. The van der Waals surface area contributed by atoms with E-state index in [9.17, 15) is 0 Å². The molecule has 2 rings (SSSR count). The summed E-state index contributed by atoms with van der Waals surface area (Å²) >= 11 is 3.61. The molecule has 1 heterocycles. The third-order valence-corrected chi connectivity index (χ3v) is 4.48. The minimum Gasteiger partial charge on any atom is -0.398 e. The summed E-state index contributed by atoms with van der Waals surface area (Å²) < 4.78 is 1.14. The Labute approximate surface area is 112 Å². The van der Waals surface area contributed by atoms with Crippen molar-refractivity contribution in [1.82, 2.24) is 4.90 Å². The van der Waals surface area contributed by atoms with E-state index in [0.29, 0.717) is 0 Å². The molecule has 1 saturated heterocycles. The normalized spacial score (nSPS) is 21.6. The maximum atomic E-state index is 6.07. The number of likely N-dealkylation sites (tertiary alicyclic amines) is 1. The van der Waals surface area contributed by atoms with Crippen molar-refractivity contribution in [2.45, 2.75) is 45.2 Å². The first-order valence-corrected chi connectivity index (χ1v) is 7.28. The zero-order valence-electron chi connectivity index (χ0n) is 10.5. The smallest absolute Gasteiger partial charge is 0.0371 e. The molecule has 0 aromatic heterocycles. The second-order valence-corrected chi connectivity index (χ2v) is 5.69. The van der Waals surface area contributed by atoms with E-state index in [1.54, 1.807) is 0 Å². The minimum absolute atomic E-state index is 0.732. The van der Waals surface area contributed by atoms with E-state index in [2.05, 4.69) is 33.8 Å². The predicted molar refractivity (Wildman–Crippen MR) is 76.9 cm³/mol. The second kappa shape index (κ2) is 5.87. The van der Waals surface area contributed by atoms with Gasteiger partial charge in [0, 0.05) is 28.3 Å². The Morgan fingerprint density at radius 2 is 2.24 bits per heavy atom. The maximum absolute atomic E-state index is 6.07.